The monoisotopic (exact) mass is 446 g/mol. The van der Waals surface area contributed by atoms with E-state index in [-0.39, 0.29) is 12.3 Å². The van der Waals surface area contributed by atoms with Gasteiger partial charge in [-0.05, 0) is 25.2 Å². The lowest BCUT2D eigenvalue weighted by Gasteiger charge is -2.32. The number of pyridine rings is 1. The third-order valence-electron chi connectivity index (χ3n) is 5.09. The number of hydrogen-bond acceptors (Lipinski definition) is 8. The normalized spacial score (nSPS) is 15.5. The molecule has 3 aromatic rings. The Labute approximate surface area is 180 Å². The van der Waals surface area contributed by atoms with Gasteiger partial charge >= 0.3 is 0 Å². The Bertz CT molecular complexity index is 1130. The van der Waals surface area contributed by atoms with E-state index in [2.05, 4.69) is 37.1 Å². The minimum atomic E-state index is -3.39. The fourth-order valence-electron chi connectivity index (χ4n) is 3.33. The second-order valence-electron chi connectivity index (χ2n) is 7.25. The number of anilines is 2. The number of halogens is 1. The maximum atomic E-state index is 12.6. The van der Waals surface area contributed by atoms with Gasteiger partial charge in [0.05, 0.1) is 22.4 Å². The Kier molecular flexibility index (Phi) is 6.03. The number of rotatable bonds is 6. The molecule has 1 N–H and O–H groups in total. The van der Waals surface area contributed by atoms with Crippen LogP contribution in [0.1, 0.15) is 0 Å². The molecule has 30 heavy (non-hydrogen) atoms. The van der Waals surface area contributed by atoms with E-state index in [1.165, 1.54) is 0 Å². The fourth-order valence-corrected chi connectivity index (χ4v) is 4.66. The summed E-state index contributed by atoms with van der Waals surface area (Å²) < 4.78 is 25.1. The highest BCUT2D eigenvalue weighted by Gasteiger charge is 2.19. The topological polar surface area (TPSA) is 91.3 Å². The molecule has 2 aromatic heterocycles. The van der Waals surface area contributed by atoms with E-state index in [4.69, 9.17) is 11.6 Å². The standard InChI is InChI=1S/C20H23ClN6O2S/c1-26-8-10-27(11-9-26)20-24-17-14-23-18(21)13-16(17)19(25-20)22-7-12-30(28,29)15-5-3-2-4-6-15/h2-6,13-14H,7-12H2,1H3,(H,22,24,25). The second-order valence-corrected chi connectivity index (χ2v) is 9.74. The number of fused-ring (bicyclic) bond motifs is 1. The SMILES string of the molecule is CN1CCN(c2nc(NCCS(=O)(=O)c3ccccc3)c3cc(Cl)ncc3n2)CC1. The lowest BCUT2D eigenvalue weighted by atomic mass is 10.3. The molecule has 3 heterocycles. The molecular weight excluding hydrogens is 424 g/mol. The summed E-state index contributed by atoms with van der Waals surface area (Å²) in [6.45, 7) is 3.72. The zero-order chi connectivity index (χ0) is 21.1. The number of likely N-dealkylation sites (N-methyl/N-ethyl adjacent to an activating group) is 1. The van der Waals surface area contributed by atoms with E-state index in [0.717, 1.165) is 26.2 Å². The van der Waals surface area contributed by atoms with Gasteiger partial charge in [0.2, 0.25) is 5.95 Å². The van der Waals surface area contributed by atoms with Gasteiger partial charge in [0, 0.05) is 38.1 Å². The predicted octanol–water partition coefficient (Wildman–Crippen LogP) is 2.32. The first-order chi connectivity index (χ1) is 14.4. The molecule has 1 fully saturated rings. The van der Waals surface area contributed by atoms with Crippen molar-refractivity contribution in [2.75, 3.05) is 55.7 Å². The van der Waals surface area contributed by atoms with E-state index < -0.39 is 9.84 Å². The van der Waals surface area contributed by atoms with Crippen molar-refractivity contribution in [3.8, 4) is 0 Å². The smallest absolute Gasteiger partial charge is 0.228 e. The van der Waals surface area contributed by atoms with E-state index in [0.29, 0.717) is 32.7 Å². The fraction of sp³-hybridized carbons (Fsp3) is 0.350. The lowest BCUT2D eigenvalue weighted by molar-refractivity contribution is 0.311. The summed E-state index contributed by atoms with van der Waals surface area (Å²) in [7, 11) is -1.30. The van der Waals surface area contributed by atoms with Gasteiger partial charge in [0.25, 0.3) is 0 Å². The first-order valence-electron chi connectivity index (χ1n) is 9.71. The molecule has 0 saturated carbocycles. The highest BCUT2D eigenvalue weighted by molar-refractivity contribution is 7.91. The maximum absolute atomic E-state index is 12.6. The summed E-state index contributed by atoms with van der Waals surface area (Å²) in [6.07, 6.45) is 1.62. The van der Waals surface area contributed by atoms with Crippen molar-refractivity contribution in [3.63, 3.8) is 0 Å². The summed E-state index contributed by atoms with van der Waals surface area (Å²) in [4.78, 5) is 18.2. The van der Waals surface area contributed by atoms with Gasteiger partial charge in [-0.2, -0.15) is 4.98 Å². The van der Waals surface area contributed by atoms with Crippen LogP contribution in [0.4, 0.5) is 11.8 Å². The third kappa shape index (κ3) is 4.63. The largest absolute Gasteiger partial charge is 0.368 e. The van der Waals surface area contributed by atoms with Gasteiger partial charge < -0.3 is 15.1 Å². The van der Waals surface area contributed by atoms with Gasteiger partial charge in [0.1, 0.15) is 11.0 Å². The summed E-state index contributed by atoms with van der Waals surface area (Å²) in [6, 6.07) is 10.1. The van der Waals surface area contributed by atoms with Crippen molar-refractivity contribution in [3.05, 3.63) is 47.7 Å². The molecule has 10 heteroatoms. The third-order valence-corrected chi connectivity index (χ3v) is 7.03. The highest BCUT2D eigenvalue weighted by Crippen LogP contribution is 2.25. The Morgan fingerprint density at radius 3 is 2.57 bits per heavy atom. The molecular formula is C20H23ClN6O2S. The van der Waals surface area contributed by atoms with E-state index >= 15 is 0 Å². The molecule has 158 valence electrons. The van der Waals surface area contributed by atoms with Gasteiger partial charge in [0.15, 0.2) is 9.84 Å². The minimum absolute atomic E-state index is 0.0504. The highest BCUT2D eigenvalue weighted by atomic mass is 35.5. The van der Waals surface area contributed by atoms with Crippen molar-refractivity contribution >= 4 is 44.1 Å². The number of sulfone groups is 1. The Morgan fingerprint density at radius 2 is 1.83 bits per heavy atom. The average Bonchev–Trinajstić information content (AvgIpc) is 2.75. The van der Waals surface area contributed by atoms with Gasteiger partial charge in [-0.1, -0.05) is 29.8 Å². The van der Waals surface area contributed by atoms with Crippen LogP contribution in [-0.2, 0) is 9.84 Å². The average molecular weight is 447 g/mol. The van der Waals surface area contributed by atoms with Crippen LogP contribution in [-0.4, -0.2) is 73.8 Å². The number of nitrogens with one attached hydrogen (secondary N) is 1. The predicted molar refractivity (Wildman–Crippen MR) is 119 cm³/mol. The number of benzene rings is 1. The minimum Gasteiger partial charge on any atom is -0.368 e. The molecule has 0 amide bonds. The Morgan fingerprint density at radius 1 is 1.10 bits per heavy atom. The molecule has 8 nitrogen and oxygen atoms in total. The van der Waals surface area contributed by atoms with Crippen LogP contribution in [0.3, 0.4) is 0 Å². The number of piperazine rings is 1. The zero-order valence-corrected chi connectivity index (χ0v) is 18.2. The van der Waals surface area contributed by atoms with Crippen molar-refractivity contribution in [1.29, 1.82) is 0 Å². The van der Waals surface area contributed by atoms with Gasteiger partial charge in [-0.15, -0.1) is 0 Å². The number of nitrogens with zero attached hydrogens (tertiary/aromatic N) is 5. The molecule has 4 rings (SSSR count). The van der Waals surface area contributed by atoms with Crippen molar-refractivity contribution in [1.82, 2.24) is 19.9 Å². The van der Waals surface area contributed by atoms with E-state index in [9.17, 15) is 8.42 Å². The number of aromatic nitrogens is 3. The van der Waals surface area contributed by atoms with Crippen LogP contribution < -0.4 is 10.2 Å². The van der Waals surface area contributed by atoms with Gasteiger partial charge in [-0.3, -0.25) is 0 Å². The summed E-state index contributed by atoms with van der Waals surface area (Å²) in [5.41, 5.74) is 0.664. The van der Waals surface area contributed by atoms with Crippen LogP contribution >= 0.6 is 11.6 Å². The van der Waals surface area contributed by atoms with Crippen LogP contribution in [0.25, 0.3) is 10.9 Å². The molecule has 1 aliphatic heterocycles. The quantitative estimate of drug-likeness (QED) is 0.577. The number of hydrogen-bond donors (Lipinski definition) is 1. The molecule has 0 atom stereocenters. The van der Waals surface area contributed by atoms with E-state index in [1.807, 2.05) is 0 Å². The molecule has 0 unspecified atom stereocenters. The van der Waals surface area contributed by atoms with E-state index in [1.54, 1.807) is 42.6 Å². The Hall–Kier alpha value is -2.49. The molecule has 0 radical (unpaired) electrons. The lowest BCUT2D eigenvalue weighted by Crippen LogP contribution is -2.45. The summed E-state index contributed by atoms with van der Waals surface area (Å²) >= 11 is 6.08. The Balaban J connectivity index is 1.58. The van der Waals surface area contributed by atoms with Gasteiger partial charge in [-0.25, -0.2) is 18.4 Å². The van der Waals surface area contributed by atoms with Crippen molar-refractivity contribution < 1.29 is 8.42 Å². The molecule has 0 bridgehead atoms. The van der Waals surface area contributed by atoms with Crippen LogP contribution in [0.2, 0.25) is 5.15 Å². The molecule has 0 spiro atoms. The maximum Gasteiger partial charge on any atom is 0.228 e. The molecule has 1 saturated heterocycles. The summed E-state index contributed by atoms with van der Waals surface area (Å²) in [5.74, 6) is 1.11. The second kappa shape index (κ2) is 8.71. The van der Waals surface area contributed by atoms with Crippen LogP contribution in [0, 0.1) is 0 Å². The molecule has 1 aromatic carbocycles. The van der Waals surface area contributed by atoms with Crippen molar-refractivity contribution in [2.24, 2.45) is 0 Å². The van der Waals surface area contributed by atoms with Crippen LogP contribution in [0.5, 0.6) is 0 Å². The van der Waals surface area contributed by atoms with Crippen LogP contribution in [0.15, 0.2) is 47.5 Å². The molecule has 1 aliphatic rings. The first-order valence-corrected chi connectivity index (χ1v) is 11.7. The summed E-state index contributed by atoms with van der Waals surface area (Å²) in [5, 5.41) is 4.22. The molecule has 0 aliphatic carbocycles. The zero-order valence-electron chi connectivity index (χ0n) is 16.6. The van der Waals surface area contributed by atoms with Crippen molar-refractivity contribution in [2.45, 2.75) is 4.90 Å². The first kappa shape index (κ1) is 20.8.